The van der Waals surface area contributed by atoms with Crippen molar-refractivity contribution in [3.63, 3.8) is 0 Å². The molecule has 1 N–H and O–H groups in total. The van der Waals surface area contributed by atoms with E-state index in [1.165, 1.54) is 25.0 Å². The Hall–Kier alpha value is -0.940. The summed E-state index contributed by atoms with van der Waals surface area (Å²) in [6, 6.07) is 4.86. The van der Waals surface area contributed by atoms with E-state index in [1.807, 2.05) is 4.90 Å². The van der Waals surface area contributed by atoms with Crippen LogP contribution >= 0.6 is 11.6 Å². The Morgan fingerprint density at radius 3 is 2.67 bits per heavy atom. The van der Waals surface area contributed by atoms with Crippen LogP contribution < -0.4 is 10.2 Å². The largest absolute Gasteiger partial charge is 0.417 e. The third kappa shape index (κ3) is 3.64. The highest BCUT2D eigenvalue weighted by molar-refractivity contribution is 6.31. The van der Waals surface area contributed by atoms with Gasteiger partial charge in [-0.1, -0.05) is 11.6 Å². The Bertz CT molecular complexity index is 514. The first-order valence-electron chi connectivity index (χ1n) is 7.28. The lowest BCUT2D eigenvalue weighted by atomic mass is 10.1. The maximum atomic E-state index is 12.9. The molecule has 1 heterocycles. The van der Waals surface area contributed by atoms with Crippen molar-refractivity contribution in [2.45, 2.75) is 31.5 Å². The molecule has 1 aromatic carbocycles. The number of alkyl halides is 3. The van der Waals surface area contributed by atoms with Crippen molar-refractivity contribution in [3.8, 4) is 0 Å². The fourth-order valence-corrected chi connectivity index (χ4v) is 3.01. The van der Waals surface area contributed by atoms with Gasteiger partial charge in [-0.15, -0.1) is 0 Å². The molecule has 0 radical (unpaired) electrons. The van der Waals surface area contributed by atoms with E-state index in [4.69, 9.17) is 11.6 Å². The van der Waals surface area contributed by atoms with Crippen LogP contribution in [0.5, 0.6) is 0 Å². The standard InChI is InChI=1S/C15H18ClF3N2/c16-14-4-3-12(7-13(14)15(17,18)19)21-6-5-10(9-21)8-20-11-1-2-11/h3-4,7,10-11,20H,1-2,5-6,8-9H2. The SMILES string of the molecule is FC(F)(F)c1cc(N2CCC(CNC3CC3)C2)ccc1Cl. The van der Waals surface area contributed by atoms with Gasteiger partial charge in [-0.25, -0.2) is 0 Å². The van der Waals surface area contributed by atoms with Gasteiger partial charge in [-0.2, -0.15) is 13.2 Å². The molecule has 1 unspecified atom stereocenters. The van der Waals surface area contributed by atoms with Gasteiger partial charge in [-0.3, -0.25) is 0 Å². The normalized spacial score (nSPS) is 22.9. The Balaban J connectivity index is 1.66. The minimum atomic E-state index is -4.40. The van der Waals surface area contributed by atoms with Crippen molar-refractivity contribution in [2.75, 3.05) is 24.5 Å². The van der Waals surface area contributed by atoms with Gasteiger partial charge in [0.1, 0.15) is 0 Å². The zero-order valence-electron chi connectivity index (χ0n) is 11.6. The van der Waals surface area contributed by atoms with Gasteiger partial charge in [0.15, 0.2) is 0 Å². The van der Waals surface area contributed by atoms with Gasteiger partial charge >= 0.3 is 6.18 Å². The molecular weight excluding hydrogens is 301 g/mol. The Labute approximate surface area is 127 Å². The van der Waals surface area contributed by atoms with Crippen LogP contribution in [-0.4, -0.2) is 25.7 Å². The first kappa shape index (κ1) is 15.0. The minimum Gasteiger partial charge on any atom is -0.371 e. The molecular formula is C15H18ClF3N2. The average Bonchev–Trinajstić information content (AvgIpc) is 3.13. The number of hydrogen-bond acceptors (Lipinski definition) is 2. The molecule has 1 aliphatic carbocycles. The van der Waals surface area contributed by atoms with Crippen LogP contribution in [0.3, 0.4) is 0 Å². The van der Waals surface area contributed by atoms with Gasteiger partial charge in [0, 0.05) is 24.8 Å². The van der Waals surface area contributed by atoms with Crippen molar-refractivity contribution in [1.29, 1.82) is 0 Å². The molecule has 0 bridgehead atoms. The predicted octanol–water partition coefficient (Wildman–Crippen LogP) is 3.94. The molecule has 116 valence electrons. The summed E-state index contributed by atoms with van der Waals surface area (Å²) in [5, 5.41) is 3.25. The third-order valence-electron chi connectivity index (χ3n) is 4.18. The summed E-state index contributed by atoms with van der Waals surface area (Å²) in [5.74, 6) is 0.510. The van der Waals surface area contributed by atoms with Crippen LogP contribution in [0.25, 0.3) is 0 Å². The highest BCUT2D eigenvalue weighted by atomic mass is 35.5. The van der Waals surface area contributed by atoms with Crippen LogP contribution in [0.2, 0.25) is 5.02 Å². The van der Waals surface area contributed by atoms with E-state index in [0.29, 0.717) is 17.6 Å². The molecule has 1 saturated heterocycles. The highest BCUT2D eigenvalue weighted by Gasteiger charge is 2.34. The van der Waals surface area contributed by atoms with Gasteiger partial charge in [-0.05, 0) is 49.9 Å². The van der Waals surface area contributed by atoms with E-state index < -0.39 is 11.7 Å². The minimum absolute atomic E-state index is 0.239. The van der Waals surface area contributed by atoms with Gasteiger partial charge < -0.3 is 10.2 Å². The van der Waals surface area contributed by atoms with Crippen LogP contribution in [0.15, 0.2) is 18.2 Å². The lowest BCUT2D eigenvalue weighted by molar-refractivity contribution is -0.137. The van der Waals surface area contributed by atoms with E-state index >= 15 is 0 Å². The van der Waals surface area contributed by atoms with Gasteiger partial charge in [0.05, 0.1) is 10.6 Å². The van der Waals surface area contributed by atoms with E-state index in [2.05, 4.69) is 5.32 Å². The maximum Gasteiger partial charge on any atom is 0.417 e. The van der Waals surface area contributed by atoms with Crippen molar-refractivity contribution in [1.82, 2.24) is 5.32 Å². The maximum absolute atomic E-state index is 12.9. The fourth-order valence-electron chi connectivity index (χ4n) is 2.78. The van der Waals surface area contributed by atoms with Crippen molar-refractivity contribution in [2.24, 2.45) is 5.92 Å². The lowest BCUT2D eigenvalue weighted by Gasteiger charge is -2.21. The number of rotatable bonds is 4. The summed E-state index contributed by atoms with van der Waals surface area (Å²) in [6.45, 7) is 2.56. The first-order chi connectivity index (χ1) is 9.93. The second kappa shape index (κ2) is 5.69. The molecule has 0 amide bonds. The van der Waals surface area contributed by atoms with E-state index in [0.717, 1.165) is 26.1 Å². The highest BCUT2D eigenvalue weighted by Crippen LogP contribution is 2.37. The van der Waals surface area contributed by atoms with Crippen LogP contribution in [0, 0.1) is 5.92 Å². The molecule has 2 aliphatic rings. The van der Waals surface area contributed by atoms with Gasteiger partial charge in [0.2, 0.25) is 0 Å². The number of nitrogens with one attached hydrogen (secondary N) is 1. The van der Waals surface area contributed by atoms with Gasteiger partial charge in [0.25, 0.3) is 0 Å². The van der Waals surface area contributed by atoms with Crippen molar-refractivity contribution < 1.29 is 13.2 Å². The Kier molecular flexibility index (Phi) is 4.06. The van der Waals surface area contributed by atoms with E-state index in [-0.39, 0.29) is 5.02 Å². The predicted molar refractivity (Wildman–Crippen MR) is 77.8 cm³/mol. The molecule has 21 heavy (non-hydrogen) atoms. The zero-order valence-corrected chi connectivity index (χ0v) is 12.3. The van der Waals surface area contributed by atoms with Crippen LogP contribution in [-0.2, 0) is 6.18 Å². The second-order valence-electron chi connectivity index (χ2n) is 5.95. The quantitative estimate of drug-likeness (QED) is 0.904. The Morgan fingerprint density at radius 1 is 1.24 bits per heavy atom. The zero-order chi connectivity index (χ0) is 15.0. The smallest absolute Gasteiger partial charge is 0.371 e. The molecule has 2 nitrogen and oxygen atoms in total. The lowest BCUT2D eigenvalue weighted by Crippen LogP contribution is -2.27. The second-order valence-corrected chi connectivity index (χ2v) is 6.35. The molecule has 0 spiro atoms. The number of benzene rings is 1. The number of hydrogen-bond donors (Lipinski definition) is 1. The molecule has 3 rings (SSSR count). The summed E-state index contributed by atoms with van der Waals surface area (Å²) in [6.07, 6.45) is -0.880. The van der Waals surface area contributed by atoms with E-state index in [9.17, 15) is 13.2 Å². The number of halogens is 4. The first-order valence-corrected chi connectivity index (χ1v) is 7.66. The molecule has 2 fully saturated rings. The Morgan fingerprint density at radius 2 is 2.00 bits per heavy atom. The molecule has 1 aliphatic heterocycles. The molecule has 1 atom stereocenters. The average molecular weight is 319 g/mol. The summed E-state index contributed by atoms with van der Waals surface area (Å²) >= 11 is 5.66. The van der Waals surface area contributed by atoms with Crippen molar-refractivity contribution in [3.05, 3.63) is 28.8 Å². The summed E-state index contributed by atoms with van der Waals surface area (Å²) in [7, 11) is 0. The van der Waals surface area contributed by atoms with Crippen molar-refractivity contribution >= 4 is 17.3 Å². The van der Waals surface area contributed by atoms with Crippen LogP contribution in [0.4, 0.5) is 18.9 Å². The molecule has 1 saturated carbocycles. The van der Waals surface area contributed by atoms with E-state index in [1.54, 1.807) is 6.07 Å². The number of anilines is 1. The summed E-state index contributed by atoms with van der Waals surface area (Å²) in [5.41, 5.74) is -0.137. The monoisotopic (exact) mass is 318 g/mol. The fraction of sp³-hybridized carbons (Fsp3) is 0.600. The van der Waals surface area contributed by atoms with Crippen LogP contribution in [0.1, 0.15) is 24.8 Å². The topological polar surface area (TPSA) is 15.3 Å². The summed E-state index contributed by atoms with van der Waals surface area (Å²) < 4.78 is 38.7. The third-order valence-corrected chi connectivity index (χ3v) is 4.51. The number of nitrogens with zero attached hydrogens (tertiary/aromatic N) is 1. The summed E-state index contributed by atoms with van der Waals surface area (Å²) in [4.78, 5) is 2.02. The molecule has 1 aromatic rings. The molecule has 0 aromatic heterocycles. The molecule has 6 heteroatoms.